The lowest BCUT2D eigenvalue weighted by atomic mass is 9.75. The van der Waals surface area contributed by atoms with Gasteiger partial charge in [0.1, 0.15) is 0 Å². The van der Waals surface area contributed by atoms with E-state index in [2.05, 4.69) is 6.92 Å². The minimum Gasteiger partial charge on any atom is -0.352 e. The average Bonchev–Trinajstić information content (AvgIpc) is 2.66. The van der Waals surface area contributed by atoms with Gasteiger partial charge in [0.05, 0.1) is 13.2 Å². The van der Waals surface area contributed by atoms with E-state index in [1.54, 1.807) is 0 Å². The Morgan fingerprint density at radius 1 is 0.885 bits per heavy atom. The standard InChI is InChI=1S/C21H29F3O2/c1-2-3-14-4-7-16(8-5-14)17-12-25-20(26-13-17)9-6-15-10-18(22)21(24)19(23)11-15/h10-11,14,16-17,20H,2-9,12-13H2,1H3. The van der Waals surface area contributed by atoms with E-state index in [-0.39, 0.29) is 6.29 Å². The van der Waals surface area contributed by atoms with Gasteiger partial charge < -0.3 is 9.47 Å². The van der Waals surface area contributed by atoms with E-state index in [1.165, 1.54) is 38.5 Å². The van der Waals surface area contributed by atoms with Crippen LogP contribution in [0.5, 0.6) is 0 Å². The zero-order valence-electron chi connectivity index (χ0n) is 15.5. The highest BCUT2D eigenvalue weighted by atomic mass is 19.2. The number of hydrogen-bond donors (Lipinski definition) is 0. The molecule has 0 unspecified atom stereocenters. The Morgan fingerprint density at radius 2 is 1.50 bits per heavy atom. The Bertz CT molecular complexity index is 554. The summed E-state index contributed by atoms with van der Waals surface area (Å²) in [5, 5.41) is 0. The van der Waals surface area contributed by atoms with Gasteiger partial charge in [0.2, 0.25) is 0 Å². The van der Waals surface area contributed by atoms with Gasteiger partial charge in [-0.2, -0.15) is 0 Å². The molecular formula is C21H29F3O2. The predicted octanol–water partition coefficient (Wildman–Crippen LogP) is 5.63. The summed E-state index contributed by atoms with van der Waals surface area (Å²) in [7, 11) is 0. The SMILES string of the molecule is CCCC1CCC(C2COC(CCc3cc(F)c(F)c(F)c3)OC2)CC1. The van der Waals surface area contributed by atoms with Crippen LogP contribution < -0.4 is 0 Å². The summed E-state index contributed by atoms with van der Waals surface area (Å²) in [6, 6.07) is 2.08. The van der Waals surface area contributed by atoms with E-state index in [0.717, 1.165) is 18.1 Å². The first-order valence-corrected chi connectivity index (χ1v) is 9.93. The van der Waals surface area contributed by atoms with Crippen LogP contribution in [-0.4, -0.2) is 19.5 Å². The first-order chi connectivity index (χ1) is 12.6. The molecular weight excluding hydrogens is 341 g/mol. The summed E-state index contributed by atoms with van der Waals surface area (Å²) in [5.41, 5.74) is 0.421. The Kier molecular flexibility index (Phi) is 6.98. The third kappa shape index (κ3) is 5.01. The maximum absolute atomic E-state index is 13.3. The van der Waals surface area contributed by atoms with Crippen LogP contribution in [0.25, 0.3) is 0 Å². The van der Waals surface area contributed by atoms with E-state index in [9.17, 15) is 13.2 Å². The number of benzene rings is 1. The Hall–Kier alpha value is -1.07. The molecule has 0 radical (unpaired) electrons. The second-order valence-electron chi connectivity index (χ2n) is 7.84. The molecule has 0 bridgehead atoms. The first kappa shape index (κ1) is 19.7. The van der Waals surface area contributed by atoms with Gasteiger partial charge in [0.25, 0.3) is 0 Å². The molecule has 1 aliphatic carbocycles. The van der Waals surface area contributed by atoms with Gasteiger partial charge in [0, 0.05) is 12.3 Å². The van der Waals surface area contributed by atoms with Crippen molar-refractivity contribution in [1.29, 1.82) is 0 Å². The van der Waals surface area contributed by atoms with E-state index < -0.39 is 17.5 Å². The predicted molar refractivity (Wildman–Crippen MR) is 94.2 cm³/mol. The van der Waals surface area contributed by atoms with Gasteiger partial charge in [0.15, 0.2) is 23.7 Å². The normalized spacial score (nSPS) is 29.7. The summed E-state index contributed by atoms with van der Waals surface area (Å²) in [5.74, 6) is -1.69. The second kappa shape index (κ2) is 9.23. The van der Waals surface area contributed by atoms with E-state index >= 15 is 0 Å². The zero-order chi connectivity index (χ0) is 18.5. The molecule has 0 atom stereocenters. The van der Waals surface area contributed by atoms with Gasteiger partial charge in [-0.15, -0.1) is 0 Å². The van der Waals surface area contributed by atoms with Crippen molar-refractivity contribution in [3.05, 3.63) is 35.1 Å². The third-order valence-electron chi connectivity index (χ3n) is 5.96. The van der Waals surface area contributed by atoms with Crippen molar-refractivity contribution < 1.29 is 22.6 Å². The molecule has 1 aliphatic heterocycles. The molecule has 5 heteroatoms. The van der Waals surface area contributed by atoms with Gasteiger partial charge in [-0.3, -0.25) is 0 Å². The fourth-order valence-corrected chi connectivity index (χ4v) is 4.39. The van der Waals surface area contributed by atoms with Gasteiger partial charge >= 0.3 is 0 Å². The molecule has 1 saturated carbocycles. The van der Waals surface area contributed by atoms with Gasteiger partial charge in [-0.05, 0) is 48.8 Å². The molecule has 26 heavy (non-hydrogen) atoms. The first-order valence-electron chi connectivity index (χ1n) is 9.93. The quantitative estimate of drug-likeness (QED) is 0.604. The zero-order valence-corrected chi connectivity index (χ0v) is 15.5. The Labute approximate surface area is 154 Å². The van der Waals surface area contributed by atoms with E-state index in [4.69, 9.17) is 9.47 Å². The molecule has 2 aliphatic rings. The smallest absolute Gasteiger partial charge is 0.194 e. The Morgan fingerprint density at radius 3 is 2.08 bits per heavy atom. The number of aryl methyl sites for hydroxylation is 1. The van der Waals surface area contributed by atoms with Crippen LogP contribution in [0.4, 0.5) is 13.2 Å². The summed E-state index contributed by atoms with van der Waals surface area (Å²) in [6.45, 7) is 3.64. The van der Waals surface area contributed by atoms with Crippen LogP contribution in [0.15, 0.2) is 12.1 Å². The lowest BCUT2D eigenvalue weighted by molar-refractivity contribution is -0.212. The van der Waals surface area contributed by atoms with Crippen molar-refractivity contribution in [2.24, 2.45) is 17.8 Å². The average molecular weight is 370 g/mol. The van der Waals surface area contributed by atoms with Crippen LogP contribution >= 0.6 is 0 Å². The van der Waals surface area contributed by atoms with E-state index in [1.807, 2.05) is 0 Å². The Balaban J connectivity index is 1.40. The lowest BCUT2D eigenvalue weighted by Gasteiger charge is -2.37. The number of ether oxygens (including phenoxy) is 2. The van der Waals surface area contributed by atoms with Crippen LogP contribution in [0.3, 0.4) is 0 Å². The fourth-order valence-electron chi connectivity index (χ4n) is 4.39. The van der Waals surface area contributed by atoms with Crippen molar-refractivity contribution in [2.75, 3.05) is 13.2 Å². The fraction of sp³-hybridized carbons (Fsp3) is 0.714. The monoisotopic (exact) mass is 370 g/mol. The van der Waals surface area contributed by atoms with Crippen LogP contribution in [0.1, 0.15) is 57.4 Å². The van der Waals surface area contributed by atoms with Gasteiger partial charge in [-0.1, -0.05) is 32.6 Å². The summed E-state index contributed by atoms with van der Waals surface area (Å²) >= 11 is 0. The summed E-state index contributed by atoms with van der Waals surface area (Å²) in [4.78, 5) is 0. The summed E-state index contributed by atoms with van der Waals surface area (Å²) < 4.78 is 51.2. The molecule has 1 aromatic rings. The molecule has 2 fully saturated rings. The van der Waals surface area contributed by atoms with E-state index in [0.29, 0.717) is 43.5 Å². The molecule has 3 rings (SSSR count). The van der Waals surface area contributed by atoms with Crippen molar-refractivity contribution in [1.82, 2.24) is 0 Å². The number of hydrogen-bond acceptors (Lipinski definition) is 2. The van der Waals surface area contributed by atoms with Crippen LogP contribution in [0, 0.1) is 35.2 Å². The highest BCUT2D eigenvalue weighted by Gasteiger charge is 2.31. The topological polar surface area (TPSA) is 18.5 Å². The molecule has 0 amide bonds. The molecule has 1 aromatic carbocycles. The van der Waals surface area contributed by atoms with Crippen LogP contribution in [0.2, 0.25) is 0 Å². The molecule has 1 heterocycles. The van der Waals surface area contributed by atoms with Crippen LogP contribution in [-0.2, 0) is 15.9 Å². The largest absolute Gasteiger partial charge is 0.352 e. The second-order valence-corrected chi connectivity index (χ2v) is 7.84. The third-order valence-corrected chi connectivity index (χ3v) is 5.96. The van der Waals surface area contributed by atoms with Crippen molar-refractivity contribution in [3.63, 3.8) is 0 Å². The minimum atomic E-state index is -1.42. The minimum absolute atomic E-state index is 0.348. The van der Waals surface area contributed by atoms with Crippen molar-refractivity contribution in [2.45, 2.75) is 64.6 Å². The maximum atomic E-state index is 13.3. The molecule has 146 valence electrons. The molecule has 0 aromatic heterocycles. The number of halogens is 3. The maximum Gasteiger partial charge on any atom is 0.194 e. The van der Waals surface area contributed by atoms with Crippen molar-refractivity contribution in [3.8, 4) is 0 Å². The molecule has 1 saturated heterocycles. The molecule has 0 spiro atoms. The van der Waals surface area contributed by atoms with Crippen molar-refractivity contribution >= 4 is 0 Å². The number of rotatable bonds is 6. The molecule has 2 nitrogen and oxygen atoms in total. The highest BCUT2D eigenvalue weighted by Crippen LogP contribution is 2.37. The summed E-state index contributed by atoms with van der Waals surface area (Å²) in [6.07, 6.45) is 8.35. The van der Waals surface area contributed by atoms with Gasteiger partial charge in [-0.25, -0.2) is 13.2 Å². The molecule has 0 N–H and O–H groups in total. The lowest BCUT2D eigenvalue weighted by Crippen LogP contribution is -2.37. The highest BCUT2D eigenvalue weighted by molar-refractivity contribution is 5.19.